The zero-order valence-electron chi connectivity index (χ0n) is 11.4. The second kappa shape index (κ2) is 8.80. The molecule has 0 unspecified atom stereocenters. The van der Waals surface area contributed by atoms with Crippen LogP contribution in [0.4, 0.5) is 10.1 Å². The van der Waals surface area contributed by atoms with Crippen LogP contribution in [0.2, 0.25) is 0 Å². The number of hydrogen-bond acceptors (Lipinski definition) is 2. The molecule has 0 saturated carbocycles. The Morgan fingerprint density at radius 3 is 2.21 bits per heavy atom. The van der Waals surface area contributed by atoms with Crippen LogP contribution >= 0.6 is 0 Å². The molecular weight excluding hydrogens is 245 g/mol. The fourth-order valence-corrected chi connectivity index (χ4v) is 1.17. The Bertz CT molecular complexity index is 475. The molecule has 1 rings (SSSR count). The lowest BCUT2D eigenvalue weighted by molar-refractivity contribution is -0.115. The molecule has 3 nitrogen and oxygen atoms in total. The lowest BCUT2D eigenvalue weighted by atomic mass is 10.1. The third-order valence-electron chi connectivity index (χ3n) is 2.20. The minimum atomic E-state index is -0.538. The summed E-state index contributed by atoms with van der Waals surface area (Å²) in [5, 5.41) is 2.49. The van der Waals surface area contributed by atoms with E-state index in [1.54, 1.807) is 6.92 Å². The first-order valence-electron chi connectivity index (χ1n) is 5.94. The van der Waals surface area contributed by atoms with Crippen LogP contribution in [-0.4, -0.2) is 12.2 Å². The van der Waals surface area contributed by atoms with E-state index in [4.69, 9.17) is 0 Å². The first-order valence-corrected chi connectivity index (χ1v) is 5.94. The summed E-state index contributed by atoms with van der Waals surface area (Å²) in [7, 11) is 0. The van der Waals surface area contributed by atoms with Crippen LogP contribution in [-0.2, 0) is 9.59 Å². The summed E-state index contributed by atoms with van der Waals surface area (Å²) >= 11 is 0. The standard InChI is InChI=1S/C13H12FNO2.C2H6/c1-3-9(2)12(8-16)13(17)15-11-6-4-10(14)5-7-11;1-2/h3-8H,1H2,2H3,(H,15,17);1-2H3/b12-9-;. The third kappa shape index (κ3) is 5.29. The number of allylic oxidation sites excluding steroid dienone is 2. The number of carbonyl (C=O) groups is 2. The molecule has 1 aromatic carbocycles. The summed E-state index contributed by atoms with van der Waals surface area (Å²) in [5.41, 5.74) is 0.913. The van der Waals surface area contributed by atoms with Crippen molar-refractivity contribution in [3.8, 4) is 0 Å². The highest BCUT2D eigenvalue weighted by Crippen LogP contribution is 2.11. The summed E-state index contributed by atoms with van der Waals surface area (Å²) in [6, 6.07) is 5.28. The minimum Gasteiger partial charge on any atom is -0.322 e. The first kappa shape index (κ1) is 16.8. The van der Waals surface area contributed by atoms with Crippen molar-refractivity contribution < 1.29 is 14.0 Å². The molecule has 0 aliphatic rings. The maximum Gasteiger partial charge on any atom is 0.259 e. The van der Waals surface area contributed by atoms with Gasteiger partial charge in [0.25, 0.3) is 5.91 Å². The topological polar surface area (TPSA) is 46.2 Å². The van der Waals surface area contributed by atoms with Crippen LogP contribution in [0.15, 0.2) is 48.1 Å². The number of benzene rings is 1. The molecule has 0 aromatic heterocycles. The average molecular weight is 263 g/mol. The molecule has 0 spiro atoms. The molecule has 19 heavy (non-hydrogen) atoms. The van der Waals surface area contributed by atoms with Gasteiger partial charge >= 0.3 is 0 Å². The molecule has 1 N–H and O–H groups in total. The summed E-state index contributed by atoms with van der Waals surface area (Å²) < 4.78 is 12.6. The average Bonchev–Trinajstić information content (AvgIpc) is 2.44. The van der Waals surface area contributed by atoms with Crippen LogP contribution in [0, 0.1) is 5.82 Å². The Morgan fingerprint density at radius 2 is 1.79 bits per heavy atom. The summed E-state index contributed by atoms with van der Waals surface area (Å²) in [6.07, 6.45) is 1.89. The van der Waals surface area contributed by atoms with E-state index in [2.05, 4.69) is 11.9 Å². The molecule has 0 atom stereocenters. The number of anilines is 1. The van der Waals surface area contributed by atoms with Gasteiger partial charge < -0.3 is 5.32 Å². The predicted octanol–water partition coefficient (Wildman–Crippen LogP) is 3.49. The normalized spacial score (nSPS) is 10.5. The van der Waals surface area contributed by atoms with Crippen LogP contribution in [0.3, 0.4) is 0 Å². The lowest BCUT2D eigenvalue weighted by Gasteiger charge is -2.05. The molecule has 102 valence electrons. The highest BCUT2D eigenvalue weighted by Gasteiger charge is 2.10. The van der Waals surface area contributed by atoms with Gasteiger partial charge in [-0.2, -0.15) is 0 Å². The number of carbonyl (C=O) groups excluding carboxylic acids is 2. The maximum atomic E-state index is 12.6. The fraction of sp³-hybridized carbons (Fsp3) is 0.200. The number of hydrogen-bond donors (Lipinski definition) is 1. The van der Waals surface area contributed by atoms with Gasteiger partial charge in [-0.3, -0.25) is 9.59 Å². The molecular formula is C15H18FNO2. The quantitative estimate of drug-likeness (QED) is 0.297. The van der Waals surface area contributed by atoms with Gasteiger partial charge in [0.05, 0.1) is 5.57 Å². The van der Waals surface area contributed by atoms with Crippen molar-refractivity contribution in [2.75, 3.05) is 5.32 Å². The summed E-state index contributed by atoms with van der Waals surface area (Å²) in [6.45, 7) is 9.10. The Hall–Kier alpha value is -2.23. The van der Waals surface area contributed by atoms with Crippen molar-refractivity contribution in [3.05, 3.63) is 53.9 Å². The Morgan fingerprint density at radius 1 is 1.26 bits per heavy atom. The van der Waals surface area contributed by atoms with E-state index in [1.807, 2.05) is 13.8 Å². The van der Waals surface area contributed by atoms with Crippen molar-refractivity contribution >= 4 is 17.9 Å². The molecule has 0 radical (unpaired) electrons. The zero-order chi connectivity index (χ0) is 14.8. The third-order valence-corrected chi connectivity index (χ3v) is 2.20. The van der Waals surface area contributed by atoms with E-state index in [1.165, 1.54) is 30.3 Å². The zero-order valence-corrected chi connectivity index (χ0v) is 11.4. The number of rotatable bonds is 4. The molecule has 0 bridgehead atoms. The minimum absolute atomic E-state index is 0.00400. The summed E-state index contributed by atoms with van der Waals surface area (Å²) in [5.74, 6) is -0.930. The van der Waals surface area contributed by atoms with Crippen molar-refractivity contribution in [1.29, 1.82) is 0 Å². The van der Waals surface area contributed by atoms with E-state index < -0.39 is 11.7 Å². The van der Waals surface area contributed by atoms with Gasteiger partial charge in [0.2, 0.25) is 0 Å². The molecule has 0 aliphatic carbocycles. The van der Waals surface area contributed by atoms with E-state index in [0.717, 1.165) is 0 Å². The monoisotopic (exact) mass is 263 g/mol. The van der Waals surface area contributed by atoms with Crippen LogP contribution < -0.4 is 5.32 Å². The van der Waals surface area contributed by atoms with Gasteiger partial charge in [0.15, 0.2) is 6.29 Å². The fourth-order valence-electron chi connectivity index (χ4n) is 1.17. The van der Waals surface area contributed by atoms with E-state index in [0.29, 0.717) is 17.5 Å². The highest BCUT2D eigenvalue weighted by molar-refractivity contribution is 6.17. The molecule has 0 fully saturated rings. The number of amides is 1. The number of aldehydes is 1. The largest absolute Gasteiger partial charge is 0.322 e. The van der Waals surface area contributed by atoms with E-state index in [-0.39, 0.29) is 5.57 Å². The SMILES string of the molecule is C=C/C(C)=C(/C=O)C(=O)Nc1ccc(F)cc1.CC. The van der Waals surface area contributed by atoms with E-state index in [9.17, 15) is 14.0 Å². The molecule has 0 saturated heterocycles. The van der Waals surface area contributed by atoms with E-state index >= 15 is 0 Å². The van der Waals surface area contributed by atoms with Gasteiger partial charge in [-0.25, -0.2) is 4.39 Å². The van der Waals surface area contributed by atoms with Crippen molar-refractivity contribution in [1.82, 2.24) is 0 Å². The highest BCUT2D eigenvalue weighted by atomic mass is 19.1. The lowest BCUT2D eigenvalue weighted by Crippen LogP contribution is -2.16. The molecule has 0 aliphatic heterocycles. The molecule has 0 heterocycles. The predicted molar refractivity (Wildman–Crippen MR) is 75.3 cm³/mol. The Kier molecular flexibility index (Phi) is 7.77. The molecule has 4 heteroatoms. The summed E-state index contributed by atoms with van der Waals surface area (Å²) in [4.78, 5) is 22.5. The van der Waals surface area contributed by atoms with Gasteiger partial charge in [-0.15, -0.1) is 0 Å². The van der Waals surface area contributed by atoms with Crippen LogP contribution in [0.5, 0.6) is 0 Å². The van der Waals surface area contributed by atoms with Crippen LogP contribution in [0.25, 0.3) is 0 Å². The molecule has 1 aromatic rings. The Labute approximate surface area is 112 Å². The van der Waals surface area contributed by atoms with Crippen molar-refractivity contribution in [2.24, 2.45) is 0 Å². The molecule has 1 amide bonds. The second-order valence-electron chi connectivity index (χ2n) is 3.38. The van der Waals surface area contributed by atoms with Gasteiger partial charge in [0.1, 0.15) is 5.82 Å². The van der Waals surface area contributed by atoms with Crippen LogP contribution in [0.1, 0.15) is 20.8 Å². The second-order valence-corrected chi connectivity index (χ2v) is 3.38. The first-order chi connectivity index (χ1) is 9.08. The van der Waals surface area contributed by atoms with Gasteiger partial charge in [-0.1, -0.05) is 26.5 Å². The van der Waals surface area contributed by atoms with Crippen molar-refractivity contribution in [2.45, 2.75) is 20.8 Å². The maximum absolute atomic E-state index is 12.6. The number of nitrogens with one attached hydrogen (secondary N) is 1. The number of halogens is 1. The van der Waals surface area contributed by atoms with Gasteiger partial charge in [0, 0.05) is 5.69 Å². The van der Waals surface area contributed by atoms with Gasteiger partial charge in [-0.05, 0) is 36.8 Å². The van der Waals surface area contributed by atoms with Crippen molar-refractivity contribution in [3.63, 3.8) is 0 Å². The Balaban J connectivity index is 0.00000154. The smallest absolute Gasteiger partial charge is 0.259 e.